The lowest BCUT2D eigenvalue weighted by molar-refractivity contribution is 0.0341. The number of rotatable bonds is 4. The van der Waals surface area contributed by atoms with E-state index in [4.69, 9.17) is 4.74 Å². The third kappa shape index (κ3) is 2.81. The summed E-state index contributed by atoms with van der Waals surface area (Å²) in [5.74, 6) is 1.61. The van der Waals surface area contributed by atoms with E-state index in [0.29, 0.717) is 18.5 Å². The summed E-state index contributed by atoms with van der Waals surface area (Å²) in [4.78, 5) is 4.40. The Labute approximate surface area is 118 Å². The molecule has 3 rings (SSSR count). The zero-order valence-corrected chi connectivity index (χ0v) is 12.1. The van der Waals surface area contributed by atoms with Crippen molar-refractivity contribution in [2.45, 2.75) is 39.2 Å². The van der Waals surface area contributed by atoms with Crippen LogP contribution in [0.5, 0.6) is 0 Å². The predicted molar refractivity (Wildman–Crippen MR) is 75.8 cm³/mol. The second kappa shape index (κ2) is 5.85. The van der Waals surface area contributed by atoms with E-state index in [1.807, 2.05) is 17.4 Å². The van der Waals surface area contributed by atoms with Crippen LogP contribution >= 0.6 is 0 Å². The van der Waals surface area contributed by atoms with Gasteiger partial charge in [-0.1, -0.05) is 0 Å². The first-order chi connectivity index (χ1) is 9.74. The van der Waals surface area contributed by atoms with Gasteiger partial charge < -0.3 is 10.1 Å². The molecule has 0 aromatic carbocycles. The number of aryl methyl sites for hydroxylation is 2. The highest BCUT2D eigenvalue weighted by Gasteiger charge is 2.14. The summed E-state index contributed by atoms with van der Waals surface area (Å²) in [5, 5.41) is 11.7. The first-order valence-corrected chi connectivity index (χ1v) is 7.24. The van der Waals surface area contributed by atoms with Gasteiger partial charge in [0.25, 0.3) is 5.78 Å². The second-order valence-electron chi connectivity index (χ2n) is 5.36. The van der Waals surface area contributed by atoms with Gasteiger partial charge in [-0.05, 0) is 45.8 Å². The third-order valence-electron chi connectivity index (χ3n) is 3.73. The van der Waals surface area contributed by atoms with E-state index in [1.165, 1.54) is 0 Å². The van der Waals surface area contributed by atoms with Gasteiger partial charge in [-0.3, -0.25) is 4.40 Å². The molecule has 2 aromatic heterocycles. The maximum Gasteiger partial charge on any atom is 0.255 e. The van der Waals surface area contributed by atoms with Gasteiger partial charge in [-0.25, -0.2) is 4.98 Å². The second-order valence-corrected chi connectivity index (χ2v) is 5.36. The molecular weight excluding hydrogens is 254 g/mol. The normalized spacial score (nSPS) is 16.9. The number of aromatic nitrogens is 4. The van der Waals surface area contributed by atoms with Gasteiger partial charge in [0, 0.05) is 17.8 Å². The van der Waals surface area contributed by atoms with Crippen LogP contribution in [0, 0.1) is 13.8 Å². The minimum atomic E-state index is 0.386. The summed E-state index contributed by atoms with van der Waals surface area (Å²) < 4.78 is 7.94. The van der Waals surface area contributed by atoms with Gasteiger partial charge in [-0.2, -0.15) is 0 Å². The van der Waals surface area contributed by atoms with Crippen molar-refractivity contribution in [1.82, 2.24) is 24.9 Å². The average Bonchev–Trinajstić information content (AvgIpc) is 2.83. The average molecular weight is 275 g/mol. The van der Waals surface area contributed by atoms with Crippen molar-refractivity contribution in [2.24, 2.45) is 0 Å². The molecule has 0 bridgehead atoms. The summed E-state index contributed by atoms with van der Waals surface area (Å²) in [5.41, 5.74) is 2.09. The van der Waals surface area contributed by atoms with Gasteiger partial charge in [0.15, 0.2) is 0 Å². The fourth-order valence-electron chi connectivity index (χ4n) is 2.74. The van der Waals surface area contributed by atoms with Crippen molar-refractivity contribution >= 4 is 5.78 Å². The summed E-state index contributed by atoms with van der Waals surface area (Å²) in [6.45, 7) is 6.84. The molecular formula is C14H21N5O. The first kappa shape index (κ1) is 13.5. The standard InChI is InChI=1S/C14H21N5O/c1-10-9-11(2)19-13(17-18-14(19)16-10)5-8-20-12-3-6-15-7-4-12/h9,12,15H,3-8H2,1-2H3. The Morgan fingerprint density at radius 3 is 2.90 bits per heavy atom. The van der Waals surface area contributed by atoms with Crippen molar-refractivity contribution in [3.05, 3.63) is 23.3 Å². The lowest BCUT2D eigenvalue weighted by Gasteiger charge is -2.22. The fourth-order valence-corrected chi connectivity index (χ4v) is 2.74. The van der Waals surface area contributed by atoms with E-state index in [2.05, 4.69) is 27.4 Å². The molecule has 1 saturated heterocycles. The molecule has 3 heterocycles. The Hall–Kier alpha value is -1.53. The summed E-state index contributed by atoms with van der Waals surface area (Å²) >= 11 is 0. The zero-order chi connectivity index (χ0) is 13.9. The van der Waals surface area contributed by atoms with Crippen molar-refractivity contribution in [2.75, 3.05) is 19.7 Å². The van der Waals surface area contributed by atoms with E-state index >= 15 is 0 Å². The van der Waals surface area contributed by atoms with E-state index in [9.17, 15) is 0 Å². The minimum absolute atomic E-state index is 0.386. The lowest BCUT2D eigenvalue weighted by Crippen LogP contribution is -2.32. The van der Waals surface area contributed by atoms with E-state index in [0.717, 1.165) is 49.6 Å². The Bertz CT molecular complexity index is 589. The van der Waals surface area contributed by atoms with Crippen LogP contribution in [0.4, 0.5) is 0 Å². The number of nitrogens with one attached hydrogen (secondary N) is 1. The third-order valence-corrected chi connectivity index (χ3v) is 3.73. The molecule has 6 heteroatoms. The molecule has 0 saturated carbocycles. The highest BCUT2D eigenvalue weighted by Crippen LogP contribution is 2.11. The number of ether oxygens (including phenoxy) is 1. The number of nitrogens with zero attached hydrogens (tertiary/aromatic N) is 4. The molecule has 1 N–H and O–H groups in total. The first-order valence-electron chi connectivity index (χ1n) is 7.24. The largest absolute Gasteiger partial charge is 0.378 e. The molecule has 6 nitrogen and oxygen atoms in total. The molecule has 0 radical (unpaired) electrons. The van der Waals surface area contributed by atoms with Gasteiger partial charge >= 0.3 is 0 Å². The van der Waals surface area contributed by atoms with Crippen LogP contribution in [0.1, 0.15) is 30.1 Å². The summed E-state index contributed by atoms with van der Waals surface area (Å²) in [7, 11) is 0. The SMILES string of the molecule is Cc1cc(C)n2c(CCOC3CCNCC3)nnc2n1. The van der Waals surface area contributed by atoms with Crippen LogP contribution in [0.25, 0.3) is 5.78 Å². The Morgan fingerprint density at radius 2 is 2.10 bits per heavy atom. The van der Waals surface area contributed by atoms with Crippen molar-refractivity contribution < 1.29 is 4.74 Å². The van der Waals surface area contributed by atoms with E-state index < -0.39 is 0 Å². The Kier molecular flexibility index (Phi) is 3.93. The summed E-state index contributed by atoms with van der Waals surface area (Å²) in [6.07, 6.45) is 3.36. The maximum absolute atomic E-state index is 5.93. The van der Waals surface area contributed by atoms with E-state index in [-0.39, 0.29) is 0 Å². The van der Waals surface area contributed by atoms with Gasteiger partial charge in [0.1, 0.15) is 5.82 Å². The molecule has 1 fully saturated rings. The molecule has 0 aliphatic carbocycles. The van der Waals surface area contributed by atoms with Crippen LogP contribution in [0.15, 0.2) is 6.07 Å². The van der Waals surface area contributed by atoms with Crippen molar-refractivity contribution in [1.29, 1.82) is 0 Å². The number of hydrogen-bond donors (Lipinski definition) is 1. The van der Waals surface area contributed by atoms with Crippen LogP contribution in [0.3, 0.4) is 0 Å². The van der Waals surface area contributed by atoms with Gasteiger partial charge in [-0.15, -0.1) is 10.2 Å². The Balaban J connectivity index is 1.65. The molecule has 0 amide bonds. The van der Waals surface area contributed by atoms with E-state index in [1.54, 1.807) is 0 Å². The maximum atomic E-state index is 5.93. The highest BCUT2D eigenvalue weighted by molar-refractivity contribution is 5.32. The Morgan fingerprint density at radius 1 is 1.30 bits per heavy atom. The molecule has 0 atom stereocenters. The molecule has 20 heavy (non-hydrogen) atoms. The van der Waals surface area contributed by atoms with Crippen LogP contribution < -0.4 is 5.32 Å². The molecule has 0 unspecified atom stereocenters. The van der Waals surface area contributed by atoms with Gasteiger partial charge in [0.05, 0.1) is 12.7 Å². The monoisotopic (exact) mass is 275 g/mol. The van der Waals surface area contributed by atoms with Crippen molar-refractivity contribution in [3.8, 4) is 0 Å². The quantitative estimate of drug-likeness (QED) is 0.903. The van der Waals surface area contributed by atoms with Crippen molar-refractivity contribution in [3.63, 3.8) is 0 Å². The smallest absolute Gasteiger partial charge is 0.255 e. The predicted octanol–water partition coefficient (Wildman–Crippen LogP) is 1.05. The van der Waals surface area contributed by atoms with Crippen LogP contribution in [-0.4, -0.2) is 45.4 Å². The number of fused-ring (bicyclic) bond motifs is 1. The van der Waals surface area contributed by atoms with Crippen LogP contribution in [0.2, 0.25) is 0 Å². The summed E-state index contributed by atoms with van der Waals surface area (Å²) in [6, 6.07) is 2.05. The van der Waals surface area contributed by atoms with Gasteiger partial charge in [0.2, 0.25) is 0 Å². The minimum Gasteiger partial charge on any atom is -0.378 e. The molecule has 108 valence electrons. The molecule has 1 aliphatic rings. The van der Waals surface area contributed by atoms with Crippen LogP contribution in [-0.2, 0) is 11.2 Å². The number of piperidine rings is 1. The molecule has 0 spiro atoms. The molecule has 1 aliphatic heterocycles. The number of hydrogen-bond acceptors (Lipinski definition) is 5. The molecule has 2 aromatic rings. The zero-order valence-electron chi connectivity index (χ0n) is 12.1. The fraction of sp³-hybridized carbons (Fsp3) is 0.643. The topological polar surface area (TPSA) is 64.3 Å². The lowest BCUT2D eigenvalue weighted by atomic mass is 10.1. The highest BCUT2D eigenvalue weighted by atomic mass is 16.5.